The van der Waals surface area contributed by atoms with Crippen LogP contribution < -0.4 is 5.73 Å². The standard InChI is InChI=1S/C20H22ClN3O2.ClH/c21-18-8-6-17(7-9-18)20(26)24-11-1-10-23(12-13-24)19(25)16-4-2-15(14-22)3-5-16;/h2-9H,1,10-14,22H2;1H. The summed E-state index contributed by atoms with van der Waals surface area (Å²) in [4.78, 5) is 29.0. The smallest absolute Gasteiger partial charge is 0.253 e. The molecule has 0 spiro atoms. The highest BCUT2D eigenvalue weighted by molar-refractivity contribution is 6.30. The van der Waals surface area contributed by atoms with Gasteiger partial charge in [0, 0.05) is 48.9 Å². The van der Waals surface area contributed by atoms with Crippen LogP contribution in [0, 0.1) is 0 Å². The first-order chi connectivity index (χ1) is 12.6. The highest BCUT2D eigenvalue weighted by atomic mass is 35.5. The van der Waals surface area contributed by atoms with Crippen molar-refractivity contribution in [1.29, 1.82) is 0 Å². The van der Waals surface area contributed by atoms with Gasteiger partial charge in [-0.05, 0) is 48.4 Å². The van der Waals surface area contributed by atoms with Gasteiger partial charge < -0.3 is 15.5 Å². The quantitative estimate of drug-likeness (QED) is 0.848. The maximum atomic E-state index is 12.7. The van der Waals surface area contributed by atoms with Crippen molar-refractivity contribution in [1.82, 2.24) is 9.80 Å². The minimum absolute atomic E-state index is 0. The molecule has 144 valence electrons. The second-order valence-corrected chi connectivity index (χ2v) is 6.78. The molecule has 2 aromatic rings. The lowest BCUT2D eigenvalue weighted by Crippen LogP contribution is -2.37. The summed E-state index contributed by atoms with van der Waals surface area (Å²) in [5.41, 5.74) is 7.87. The summed E-state index contributed by atoms with van der Waals surface area (Å²) in [5.74, 6) is -0.0300. The fourth-order valence-electron chi connectivity index (χ4n) is 3.06. The lowest BCUT2D eigenvalue weighted by molar-refractivity contribution is 0.0719. The summed E-state index contributed by atoms with van der Waals surface area (Å²) in [5, 5.41) is 0.606. The van der Waals surface area contributed by atoms with Crippen molar-refractivity contribution in [2.75, 3.05) is 26.2 Å². The molecule has 1 fully saturated rings. The van der Waals surface area contributed by atoms with Crippen LogP contribution in [0.2, 0.25) is 5.02 Å². The zero-order valence-electron chi connectivity index (χ0n) is 14.9. The van der Waals surface area contributed by atoms with E-state index in [0.717, 1.165) is 12.0 Å². The van der Waals surface area contributed by atoms with Gasteiger partial charge in [0.15, 0.2) is 0 Å². The van der Waals surface area contributed by atoms with E-state index < -0.39 is 0 Å². The van der Waals surface area contributed by atoms with E-state index in [1.165, 1.54) is 0 Å². The van der Waals surface area contributed by atoms with Gasteiger partial charge in [-0.3, -0.25) is 9.59 Å². The van der Waals surface area contributed by atoms with Crippen molar-refractivity contribution in [3.63, 3.8) is 0 Å². The Kier molecular flexibility index (Phi) is 7.66. The Morgan fingerprint density at radius 1 is 0.815 bits per heavy atom. The monoisotopic (exact) mass is 407 g/mol. The molecule has 1 aliphatic rings. The lowest BCUT2D eigenvalue weighted by Gasteiger charge is -2.22. The molecular weight excluding hydrogens is 385 g/mol. The second-order valence-electron chi connectivity index (χ2n) is 6.35. The maximum Gasteiger partial charge on any atom is 0.253 e. The van der Waals surface area contributed by atoms with Gasteiger partial charge in [0.2, 0.25) is 0 Å². The molecule has 27 heavy (non-hydrogen) atoms. The van der Waals surface area contributed by atoms with Crippen molar-refractivity contribution in [2.45, 2.75) is 13.0 Å². The van der Waals surface area contributed by atoms with Gasteiger partial charge in [-0.2, -0.15) is 0 Å². The number of hydrogen-bond acceptors (Lipinski definition) is 3. The summed E-state index contributed by atoms with van der Waals surface area (Å²) in [6, 6.07) is 14.3. The summed E-state index contributed by atoms with van der Waals surface area (Å²) in [7, 11) is 0. The largest absolute Gasteiger partial charge is 0.337 e. The summed E-state index contributed by atoms with van der Waals surface area (Å²) < 4.78 is 0. The molecule has 7 heteroatoms. The number of hydrogen-bond donors (Lipinski definition) is 1. The second kappa shape index (κ2) is 9.74. The molecule has 1 saturated heterocycles. The first kappa shape index (κ1) is 21.2. The van der Waals surface area contributed by atoms with Gasteiger partial charge in [0.25, 0.3) is 11.8 Å². The molecule has 0 saturated carbocycles. The van der Waals surface area contributed by atoms with Crippen molar-refractivity contribution in [3.05, 3.63) is 70.2 Å². The van der Waals surface area contributed by atoms with E-state index in [2.05, 4.69) is 0 Å². The number of nitrogens with zero attached hydrogens (tertiary/aromatic N) is 2. The normalized spacial score (nSPS) is 14.3. The zero-order chi connectivity index (χ0) is 18.5. The number of halogens is 2. The van der Waals surface area contributed by atoms with Crippen LogP contribution in [0.15, 0.2) is 48.5 Å². The Balaban J connectivity index is 0.00000261. The van der Waals surface area contributed by atoms with Gasteiger partial charge in [-0.25, -0.2) is 0 Å². The van der Waals surface area contributed by atoms with Crippen LogP contribution in [-0.4, -0.2) is 47.8 Å². The maximum absolute atomic E-state index is 12.7. The van der Waals surface area contributed by atoms with Crippen LogP contribution >= 0.6 is 24.0 Å². The van der Waals surface area contributed by atoms with Crippen molar-refractivity contribution < 1.29 is 9.59 Å². The van der Waals surface area contributed by atoms with E-state index in [9.17, 15) is 9.59 Å². The predicted octanol–water partition coefficient (Wildman–Crippen LogP) is 3.21. The molecule has 0 aliphatic carbocycles. The average Bonchev–Trinajstić information content (AvgIpc) is 2.94. The van der Waals surface area contributed by atoms with Crippen LogP contribution in [0.4, 0.5) is 0 Å². The summed E-state index contributed by atoms with van der Waals surface area (Å²) >= 11 is 5.88. The number of rotatable bonds is 3. The molecule has 2 aromatic carbocycles. The molecule has 3 rings (SSSR count). The first-order valence-corrected chi connectivity index (χ1v) is 9.09. The third-order valence-corrected chi connectivity index (χ3v) is 4.85. The zero-order valence-corrected chi connectivity index (χ0v) is 16.5. The Labute approximate surface area is 170 Å². The average molecular weight is 408 g/mol. The van der Waals surface area contributed by atoms with Crippen molar-refractivity contribution in [2.24, 2.45) is 5.73 Å². The van der Waals surface area contributed by atoms with Gasteiger partial charge >= 0.3 is 0 Å². The molecule has 0 radical (unpaired) electrons. The van der Waals surface area contributed by atoms with Crippen LogP contribution in [0.5, 0.6) is 0 Å². The van der Waals surface area contributed by atoms with Crippen molar-refractivity contribution >= 4 is 35.8 Å². The molecule has 5 nitrogen and oxygen atoms in total. The Morgan fingerprint density at radius 3 is 1.70 bits per heavy atom. The SMILES string of the molecule is Cl.NCc1ccc(C(=O)N2CCCN(C(=O)c3ccc(Cl)cc3)CC2)cc1. The Morgan fingerprint density at radius 2 is 1.26 bits per heavy atom. The van der Waals surface area contributed by atoms with Crippen molar-refractivity contribution in [3.8, 4) is 0 Å². The van der Waals surface area contributed by atoms with E-state index in [4.69, 9.17) is 17.3 Å². The molecule has 0 unspecified atom stereocenters. The predicted molar refractivity (Wildman–Crippen MR) is 109 cm³/mol. The van der Waals surface area contributed by atoms with Gasteiger partial charge in [0.05, 0.1) is 0 Å². The van der Waals surface area contributed by atoms with E-state index in [1.807, 2.05) is 29.2 Å². The fraction of sp³-hybridized carbons (Fsp3) is 0.300. The number of amides is 2. The third kappa shape index (κ3) is 5.22. The highest BCUT2D eigenvalue weighted by Gasteiger charge is 2.23. The lowest BCUT2D eigenvalue weighted by atomic mass is 10.1. The third-order valence-electron chi connectivity index (χ3n) is 4.60. The summed E-state index contributed by atoms with van der Waals surface area (Å²) in [6.07, 6.45) is 0.756. The molecule has 0 bridgehead atoms. The molecular formula is C20H23Cl2N3O2. The van der Waals surface area contributed by atoms with Gasteiger partial charge in [-0.1, -0.05) is 23.7 Å². The van der Waals surface area contributed by atoms with E-state index >= 15 is 0 Å². The Hall–Kier alpha value is -2.08. The summed E-state index contributed by atoms with van der Waals surface area (Å²) in [6.45, 7) is 2.78. The molecule has 1 aliphatic heterocycles. The van der Waals surface area contributed by atoms with Crippen LogP contribution in [0.3, 0.4) is 0 Å². The number of carbonyl (C=O) groups excluding carboxylic acids is 2. The molecule has 0 atom stereocenters. The number of carbonyl (C=O) groups is 2. The minimum atomic E-state index is -0.0248. The van der Waals surface area contributed by atoms with Gasteiger partial charge in [-0.15, -0.1) is 12.4 Å². The van der Waals surface area contributed by atoms with Crippen LogP contribution in [-0.2, 0) is 6.54 Å². The number of nitrogens with two attached hydrogens (primary N) is 1. The minimum Gasteiger partial charge on any atom is -0.337 e. The Bertz CT molecular complexity index is 779. The first-order valence-electron chi connectivity index (χ1n) is 8.71. The topological polar surface area (TPSA) is 66.6 Å². The van der Waals surface area contributed by atoms with Crippen LogP contribution in [0.1, 0.15) is 32.7 Å². The molecule has 1 heterocycles. The van der Waals surface area contributed by atoms with E-state index in [0.29, 0.717) is 48.9 Å². The van der Waals surface area contributed by atoms with E-state index in [1.54, 1.807) is 29.2 Å². The molecule has 0 aromatic heterocycles. The number of benzene rings is 2. The molecule has 2 N–H and O–H groups in total. The van der Waals surface area contributed by atoms with E-state index in [-0.39, 0.29) is 24.2 Å². The van der Waals surface area contributed by atoms with Gasteiger partial charge in [0.1, 0.15) is 0 Å². The molecule has 2 amide bonds. The fourth-order valence-corrected chi connectivity index (χ4v) is 3.19. The van der Waals surface area contributed by atoms with Crippen LogP contribution in [0.25, 0.3) is 0 Å². The highest BCUT2D eigenvalue weighted by Crippen LogP contribution is 2.15.